The Kier molecular flexibility index (Phi) is 7.20. The fraction of sp³-hybridized carbons (Fsp3) is 0.529. The molecular weight excluding hydrogens is 310 g/mol. The zero-order valence-corrected chi connectivity index (χ0v) is 13.6. The number of carbonyl (C=O) groups excluding carboxylic acids is 3. The van der Waals surface area contributed by atoms with Gasteiger partial charge in [-0.1, -0.05) is 19.3 Å². The largest absolute Gasteiger partial charge is 0.465 e. The molecule has 7 nitrogen and oxygen atoms in total. The number of esters is 1. The van der Waals surface area contributed by atoms with Gasteiger partial charge in [0.25, 0.3) is 5.91 Å². The normalized spacial score (nSPS) is 14.7. The van der Waals surface area contributed by atoms with Crippen LogP contribution in [0.3, 0.4) is 0 Å². The lowest BCUT2D eigenvalue weighted by Crippen LogP contribution is -2.41. The second kappa shape index (κ2) is 9.64. The number of pyridine rings is 1. The Balaban J connectivity index is 1.58. The van der Waals surface area contributed by atoms with Crippen molar-refractivity contribution >= 4 is 17.8 Å². The van der Waals surface area contributed by atoms with Crippen LogP contribution < -0.4 is 10.9 Å². The molecule has 1 saturated carbocycles. The first-order valence-electron chi connectivity index (χ1n) is 8.30. The van der Waals surface area contributed by atoms with Crippen LogP contribution in [0.15, 0.2) is 24.5 Å². The lowest BCUT2D eigenvalue weighted by Gasteiger charge is -2.20. The molecule has 0 saturated heterocycles. The summed E-state index contributed by atoms with van der Waals surface area (Å²) in [5.41, 5.74) is 4.88. The van der Waals surface area contributed by atoms with E-state index < -0.39 is 11.8 Å². The van der Waals surface area contributed by atoms with Crippen LogP contribution in [-0.4, -0.2) is 29.4 Å². The van der Waals surface area contributed by atoms with E-state index in [0.717, 1.165) is 12.8 Å². The van der Waals surface area contributed by atoms with Gasteiger partial charge in [-0.3, -0.25) is 30.2 Å². The molecule has 2 rings (SSSR count). The first-order valence-corrected chi connectivity index (χ1v) is 8.30. The highest BCUT2D eigenvalue weighted by molar-refractivity contribution is 5.95. The molecule has 0 radical (unpaired) electrons. The van der Waals surface area contributed by atoms with Crippen LogP contribution in [0.2, 0.25) is 0 Å². The molecule has 0 aromatic carbocycles. The van der Waals surface area contributed by atoms with Crippen LogP contribution in [-0.2, 0) is 14.3 Å². The summed E-state index contributed by atoms with van der Waals surface area (Å²) in [5, 5.41) is 0. The topological polar surface area (TPSA) is 97.4 Å². The van der Waals surface area contributed by atoms with E-state index in [-0.39, 0.29) is 18.8 Å². The molecule has 0 spiro atoms. The molecule has 130 valence electrons. The van der Waals surface area contributed by atoms with Crippen LogP contribution >= 0.6 is 0 Å². The van der Waals surface area contributed by atoms with Gasteiger partial charge in [-0.05, 0) is 30.9 Å². The van der Waals surface area contributed by atoms with Gasteiger partial charge >= 0.3 is 5.97 Å². The van der Waals surface area contributed by atoms with Gasteiger partial charge in [-0.2, -0.15) is 0 Å². The second-order valence-corrected chi connectivity index (χ2v) is 5.93. The third-order valence-electron chi connectivity index (χ3n) is 4.00. The Morgan fingerprint density at radius 1 is 1.12 bits per heavy atom. The van der Waals surface area contributed by atoms with Gasteiger partial charge in [0.05, 0.1) is 18.6 Å². The number of carbonyl (C=O) groups is 3. The van der Waals surface area contributed by atoms with Crippen molar-refractivity contribution in [2.45, 2.75) is 44.9 Å². The average Bonchev–Trinajstić information content (AvgIpc) is 2.64. The second-order valence-electron chi connectivity index (χ2n) is 5.93. The molecule has 1 aromatic rings. The quantitative estimate of drug-likeness (QED) is 0.610. The third kappa shape index (κ3) is 6.36. The monoisotopic (exact) mass is 333 g/mol. The summed E-state index contributed by atoms with van der Waals surface area (Å²) in [6.07, 6.45) is 8.77. The first kappa shape index (κ1) is 17.9. The molecule has 0 aliphatic heterocycles. The van der Waals surface area contributed by atoms with Crippen molar-refractivity contribution in [2.24, 2.45) is 5.92 Å². The number of nitrogens with zero attached hydrogens (tertiary/aromatic N) is 1. The van der Waals surface area contributed by atoms with Gasteiger partial charge in [0.1, 0.15) is 0 Å². The maximum absolute atomic E-state index is 11.7. The summed E-state index contributed by atoms with van der Waals surface area (Å²) in [7, 11) is 0. The van der Waals surface area contributed by atoms with Gasteiger partial charge < -0.3 is 4.74 Å². The molecule has 2 N–H and O–H groups in total. The maximum Gasteiger partial charge on any atom is 0.306 e. The fourth-order valence-corrected chi connectivity index (χ4v) is 2.61. The molecule has 2 amide bonds. The SMILES string of the molecule is O=C(CCC(=O)OCC1CCCCC1)NNC(=O)c1cccnc1. The van der Waals surface area contributed by atoms with E-state index in [0.29, 0.717) is 18.1 Å². The Morgan fingerprint density at radius 3 is 2.62 bits per heavy atom. The number of ether oxygens (including phenoxy) is 1. The van der Waals surface area contributed by atoms with E-state index in [1.807, 2.05) is 0 Å². The van der Waals surface area contributed by atoms with Crippen LogP contribution in [0.25, 0.3) is 0 Å². The fourth-order valence-electron chi connectivity index (χ4n) is 2.61. The Hall–Kier alpha value is -2.44. The van der Waals surface area contributed by atoms with E-state index in [4.69, 9.17) is 4.74 Å². The van der Waals surface area contributed by atoms with Gasteiger partial charge in [-0.15, -0.1) is 0 Å². The lowest BCUT2D eigenvalue weighted by molar-refractivity contribution is -0.146. The predicted octanol–water partition coefficient (Wildman–Crippen LogP) is 1.75. The molecule has 7 heteroatoms. The molecule has 0 unspecified atom stereocenters. The van der Waals surface area contributed by atoms with Gasteiger partial charge in [0, 0.05) is 18.8 Å². The van der Waals surface area contributed by atoms with Crippen molar-refractivity contribution < 1.29 is 19.1 Å². The van der Waals surface area contributed by atoms with Gasteiger partial charge in [-0.25, -0.2) is 0 Å². The minimum Gasteiger partial charge on any atom is -0.465 e. The highest BCUT2D eigenvalue weighted by Gasteiger charge is 2.16. The van der Waals surface area contributed by atoms with E-state index in [2.05, 4.69) is 15.8 Å². The minimum atomic E-state index is -0.462. The van der Waals surface area contributed by atoms with E-state index >= 15 is 0 Å². The zero-order valence-electron chi connectivity index (χ0n) is 13.6. The smallest absolute Gasteiger partial charge is 0.306 e. The summed E-state index contributed by atoms with van der Waals surface area (Å²) in [6, 6.07) is 3.20. The number of rotatable bonds is 6. The Bertz CT molecular complexity index is 556. The van der Waals surface area contributed by atoms with Crippen molar-refractivity contribution in [1.29, 1.82) is 0 Å². The number of hydrazine groups is 1. The molecule has 24 heavy (non-hydrogen) atoms. The predicted molar refractivity (Wildman–Crippen MR) is 86.6 cm³/mol. The summed E-state index contributed by atoms with van der Waals surface area (Å²) in [6.45, 7) is 0.443. The molecule has 1 aromatic heterocycles. The Labute approximate surface area is 141 Å². The van der Waals surface area contributed by atoms with Crippen molar-refractivity contribution in [2.75, 3.05) is 6.61 Å². The third-order valence-corrected chi connectivity index (χ3v) is 4.00. The molecular formula is C17H23N3O4. The summed E-state index contributed by atoms with van der Waals surface area (Å²) in [5.74, 6) is -0.831. The standard InChI is InChI=1S/C17H23N3O4/c21-15(19-20-17(23)14-7-4-10-18-11-14)8-9-16(22)24-12-13-5-2-1-3-6-13/h4,7,10-11,13H,1-3,5-6,8-9,12H2,(H,19,21)(H,20,23). The van der Waals surface area contributed by atoms with Crippen molar-refractivity contribution in [3.63, 3.8) is 0 Å². The Morgan fingerprint density at radius 2 is 1.92 bits per heavy atom. The molecule has 1 aliphatic carbocycles. The summed E-state index contributed by atoms with van der Waals surface area (Å²) >= 11 is 0. The summed E-state index contributed by atoms with van der Waals surface area (Å²) in [4.78, 5) is 38.8. The molecule has 1 fully saturated rings. The van der Waals surface area contributed by atoms with Crippen LogP contribution in [0.4, 0.5) is 0 Å². The van der Waals surface area contributed by atoms with Crippen LogP contribution in [0, 0.1) is 5.92 Å². The van der Waals surface area contributed by atoms with E-state index in [9.17, 15) is 14.4 Å². The van der Waals surface area contributed by atoms with Crippen molar-refractivity contribution in [3.05, 3.63) is 30.1 Å². The van der Waals surface area contributed by atoms with Crippen LogP contribution in [0.1, 0.15) is 55.3 Å². The minimum absolute atomic E-state index is 0.00131. The van der Waals surface area contributed by atoms with Crippen molar-refractivity contribution in [1.82, 2.24) is 15.8 Å². The van der Waals surface area contributed by atoms with Crippen LogP contribution in [0.5, 0.6) is 0 Å². The van der Waals surface area contributed by atoms with Crippen molar-refractivity contribution in [3.8, 4) is 0 Å². The number of nitrogens with one attached hydrogen (secondary N) is 2. The maximum atomic E-state index is 11.7. The highest BCUT2D eigenvalue weighted by Crippen LogP contribution is 2.23. The average molecular weight is 333 g/mol. The van der Waals surface area contributed by atoms with E-state index in [1.165, 1.54) is 25.5 Å². The summed E-state index contributed by atoms with van der Waals surface area (Å²) < 4.78 is 5.21. The molecule has 1 aliphatic rings. The highest BCUT2D eigenvalue weighted by atomic mass is 16.5. The molecule has 0 atom stereocenters. The van der Waals surface area contributed by atoms with Gasteiger partial charge in [0.15, 0.2) is 0 Å². The molecule has 0 bridgehead atoms. The zero-order chi connectivity index (χ0) is 17.2. The van der Waals surface area contributed by atoms with E-state index in [1.54, 1.807) is 18.3 Å². The number of hydrogen-bond acceptors (Lipinski definition) is 5. The number of amides is 2. The number of aromatic nitrogens is 1. The van der Waals surface area contributed by atoms with Gasteiger partial charge in [0.2, 0.25) is 5.91 Å². The lowest BCUT2D eigenvalue weighted by atomic mass is 9.90. The number of hydrogen-bond donors (Lipinski definition) is 2. The first-order chi connectivity index (χ1) is 11.6. The molecule has 1 heterocycles.